The second-order valence-electron chi connectivity index (χ2n) is 6.69. The van der Waals surface area contributed by atoms with Gasteiger partial charge in [-0.05, 0) is 67.9 Å². The van der Waals surface area contributed by atoms with Crippen molar-refractivity contribution in [3.8, 4) is 11.4 Å². The zero-order valence-electron chi connectivity index (χ0n) is 16.9. The van der Waals surface area contributed by atoms with E-state index in [0.29, 0.717) is 23.5 Å². The molecule has 2 aromatic carbocycles. The van der Waals surface area contributed by atoms with E-state index in [1.165, 1.54) is 4.90 Å². The fourth-order valence-corrected chi connectivity index (χ4v) is 3.07. The topological polar surface area (TPSA) is 63.6 Å². The summed E-state index contributed by atoms with van der Waals surface area (Å²) in [6.07, 6.45) is 3.88. The van der Waals surface area contributed by atoms with Crippen LogP contribution in [-0.2, 0) is 4.79 Å². The van der Waals surface area contributed by atoms with Crippen LogP contribution in [0.4, 0.5) is 5.69 Å². The number of amides is 2. The Morgan fingerprint density at radius 2 is 1.76 bits per heavy atom. The molecular formula is C23H25N3O3. The zero-order valence-corrected chi connectivity index (χ0v) is 16.9. The summed E-state index contributed by atoms with van der Waals surface area (Å²) in [6.45, 7) is 4.28. The van der Waals surface area contributed by atoms with Crippen molar-refractivity contribution in [2.45, 2.75) is 13.8 Å². The van der Waals surface area contributed by atoms with Crippen LogP contribution in [0.5, 0.6) is 5.75 Å². The molecule has 1 aromatic heterocycles. The summed E-state index contributed by atoms with van der Waals surface area (Å²) < 4.78 is 7.09. The Hall–Kier alpha value is -3.54. The Bertz CT molecular complexity index is 979. The van der Waals surface area contributed by atoms with Crippen molar-refractivity contribution in [1.82, 2.24) is 9.47 Å². The van der Waals surface area contributed by atoms with E-state index in [4.69, 9.17) is 4.74 Å². The maximum Gasteiger partial charge on any atom is 0.254 e. The van der Waals surface area contributed by atoms with Crippen LogP contribution >= 0.6 is 0 Å². The lowest BCUT2D eigenvalue weighted by atomic mass is 10.1. The molecule has 0 aliphatic carbocycles. The van der Waals surface area contributed by atoms with Gasteiger partial charge in [0.2, 0.25) is 5.91 Å². The molecule has 0 spiro atoms. The number of rotatable bonds is 7. The summed E-state index contributed by atoms with van der Waals surface area (Å²) in [6, 6.07) is 16.5. The van der Waals surface area contributed by atoms with Crippen LogP contribution in [-0.4, -0.2) is 41.5 Å². The molecular weight excluding hydrogens is 366 g/mol. The third kappa shape index (κ3) is 4.85. The lowest BCUT2D eigenvalue weighted by Gasteiger charge is -2.21. The van der Waals surface area contributed by atoms with Gasteiger partial charge in [0, 0.05) is 35.9 Å². The molecule has 3 aromatic rings. The van der Waals surface area contributed by atoms with E-state index in [9.17, 15) is 9.59 Å². The maximum atomic E-state index is 13.0. The number of carbonyl (C=O) groups excluding carboxylic acids is 2. The number of hydrogen-bond acceptors (Lipinski definition) is 3. The highest BCUT2D eigenvalue weighted by molar-refractivity contribution is 5.99. The largest absolute Gasteiger partial charge is 0.497 e. The Morgan fingerprint density at radius 1 is 1.07 bits per heavy atom. The number of anilines is 1. The molecule has 29 heavy (non-hydrogen) atoms. The Morgan fingerprint density at radius 3 is 2.38 bits per heavy atom. The van der Waals surface area contributed by atoms with Crippen LogP contribution in [0.15, 0.2) is 67.0 Å². The molecule has 0 saturated heterocycles. The third-order valence-corrected chi connectivity index (χ3v) is 4.72. The van der Waals surface area contributed by atoms with Crippen LogP contribution in [0.2, 0.25) is 0 Å². The van der Waals surface area contributed by atoms with Crippen LogP contribution in [0, 0.1) is 6.92 Å². The molecule has 0 atom stereocenters. The lowest BCUT2D eigenvalue weighted by Crippen LogP contribution is -2.37. The Kier molecular flexibility index (Phi) is 6.34. The normalized spacial score (nSPS) is 10.4. The number of aromatic nitrogens is 1. The minimum absolute atomic E-state index is 0.0197. The molecule has 0 unspecified atom stereocenters. The first-order chi connectivity index (χ1) is 14.0. The monoisotopic (exact) mass is 391 g/mol. The number of aryl methyl sites for hydroxylation is 1. The second-order valence-corrected chi connectivity index (χ2v) is 6.69. The van der Waals surface area contributed by atoms with E-state index in [2.05, 4.69) is 5.32 Å². The van der Waals surface area contributed by atoms with Gasteiger partial charge >= 0.3 is 0 Å². The average molecular weight is 391 g/mol. The molecule has 3 rings (SSSR count). The maximum absolute atomic E-state index is 13.0. The van der Waals surface area contributed by atoms with Crippen molar-refractivity contribution in [1.29, 1.82) is 0 Å². The first-order valence-electron chi connectivity index (χ1n) is 9.49. The molecule has 0 saturated carbocycles. The highest BCUT2D eigenvalue weighted by atomic mass is 16.5. The van der Waals surface area contributed by atoms with Crippen LogP contribution in [0.1, 0.15) is 22.8 Å². The standard InChI is InChI=1S/C23H25N3O3/c1-4-25(16-22(27)24-19-9-11-20(29-3)12-10-19)23(28)18-8-7-17(2)21(15-18)26-13-5-6-14-26/h5-15H,4,16H2,1-3H3,(H,24,27). The van der Waals surface area contributed by atoms with Crippen molar-refractivity contribution in [2.24, 2.45) is 0 Å². The second kappa shape index (κ2) is 9.10. The van der Waals surface area contributed by atoms with Crippen molar-refractivity contribution in [3.63, 3.8) is 0 Å². The van der Waals surface area contributed by atoms with Gasteiger partial charge in [0.15, 0.2) is 0 Å². The molecule has 1 heterocycles. The first-order valence-corrected chi connectivity index (χ1v) is 9.49. The molecule has 0 radical (unpaired) electrons. The highest BCUT2D eigenvalue weighted by Gasteiger charge is 2.18. The molecule has 0 aliphatic heterocycles. The number of ether oxygens (including phenoxy) is 1. The van der Waals surface area contributed by atoms with Gasteiger partial charge in [-0.1, -0.05) is 6.07 Å². The summed E-state index contributed by atoms with van der Waals surface area (Å²) in [5, 5.41) is 2.81. The number of likely N-dealkylation sites (N-methyl/N-ethyl adjacent to an activating group) is 1. The van der Waals surface area contributed by atoms with Gasteiger partial charge < -0.3 is 19.5 Å². The SMILES string of the molecule is CCN(CC(=O)Nc1ccc(OC)cc1)C(=O)c1ccc(C)c(-n2cccc2)c1. The quantitative estimate of drug-likeness (QED) is 0.664. The molecule has 2 amide bonds. The molecule has 1 N–H and O–H groups in total. The van der Waals surface area contributed by atoms with Gasteiger partial charge in [-0.15, -0.1) is 0 Å². The smallest absolute Gasteiger partial charge is 0.254 e. The summed E-state index contributed by atoms with van der Waals surface area (Å²) in [4.78, 5) is 27.0. The predicted molar refractivity (Wildman–Crippen MR) is 114 cm³/mol. The van der Waals surface area contributed by atoms with Crippen molar-refractivity contribution in [3.05, 3.63) is 78.1 Å². The minimum Gasteiger partial charge on any atom is -0.497 e. The summed E-state index contributed by atoms with van der Waals surface area (Å²) in [7, 11) is 1.59. The Labute approximate surface area is 170 Å². The highest BCUT2D eigenvalue weighted by Crippen LogP contribution is 2.18. The fourth-order valence-electron chi connectivity index (χ4n) is 3.07. The third-order valence-electron chi connectivity index (χ3n) is 4.72. The minimum atomic E-state index is -0.247. The average Bonchev–Trinajstić information content (AvgIpc) is 3.27. The van der Waals surface area contributed by atoms with Gasteiger partial charge in [0.25, 0.3) is 5.91 Å². The first kappa shape index (κ1) is 20.2. The van der Waals surface area contributed by atoms with Gasteiger partial charge in [0.05, 0.1) is 7.11 Å². The van der Waals surface area contributed by atoms with Crippen molar-refractivity contribution >= 4 is 17.5 Å². The van der Waals surface area contributed by atoms with E-state index in [1.807, 2.05) is 55.1 Å². The number of carbonyl (C=O) groups is 2. The van der Waals surface area contributed by atoms with Gasteiger partial charge in [-0.3, -0.25) is 9.59 Å². The van der Waals surface area contributed by atoms with E-state index >= 15 is 0 Å². The summed E-state index contributed by atoms with van der Waals surface area (Å²) in [5.41, 5.74) is 3.22. The number of hydrogen-bond donors (Lipinski definition) is 1. The molecule has 6 heteroatoms. The van der Waals surface area contributed by atoms with Crippen LogP contribution in [0.25, 0.3) is 5.69 Å². The fraction of sp³-hybridized carbons (Fsp3) is 0.217. The summed E-state index contributed by atoms with van der Waals surface area (Å²) >= 11 is 0. The van der Waals surface area contributed by atoms with Gasteiger partial charge in [-0.2, -0.15) is 0 Å². The number of nitrogens with one attached hydrogen (secondary N) is 1. The zero-order chi connectivity index (χ0) is 20.8. The molecule has 6 nitrogen and oxygen atoms in total. The van der Waals surface area contributed by atoms with E-state index in [0.717, 1.165) is 11.3 Å². The van der Waals surface area contributed by atoms with Crippen molar-refractivity contribution < 1.29 is 14.3 Å². The molecule has 150 valence electrons. The van der Waals surface area contributed by atoms with Gasteiger partial charge in [-0.25, -0.2) is 0 Å². The predicted octanol–water partition coefficient (Wildman–Crippen LogP) is 3.90. The summed E-state index contributed by atoms with van der Waals surface area (Å²) in [5.74, 6) is 0.292. The molecule has 0 aliphatic rings. The van der Waals surface area contributed by atoms with E-state index in [-0.39, 0.29) is 18.4 Å². The van der Waals surface area contributed by atoms with Crippen LogP contribution < -0.4 is 10.1 Å². The Balaban J connectivity index is 1.71. The number of benzene rings is 2. The molecule has 0 bridgehead atoms. The number of methoxy groups -OCH3 is 1. The van der Waals surface area contributed by atoms with Crippen molar-refractivity contribution in [2.75, 3.05) is 25.5 Å². The van der Waals surface area contributed by atoms with E-state index < -0.39 is 0 Å². The van der Waals surface area contributed by atoms with Crippen LogP contribution in [0.3, 0.4) is 0 Å². The molecule has 0 fully saturated rings. The van der Waals surface area contributed by atoms with E-state index in [1.54, 1.807) is 37.4 Å². The number of nitrogens with zero attached hydrogens (tertiary/aromatic N) is 2. The lowest BCUT2D eigenvalue weighted by molar-refractivity contribution is -0.116. The van der Waals surface area contributed by atoms with Gasteiger partial charge in [0.1, 0.15) is 12.3 Å².